The molecule has 166 valence electrons. The summed E-state index contributed by atoms with van der Waals surface area (Å²) in [5, 5.41) is 0. The quantitative estimate of drug-likeness (QED) is 0.668. The van der Waals surface area contributed by atoms with E-state index in [9.17, 15) is 27.2 Å². The highest BCUT2D eigenvalue weighted by Gasteiger charge is 2.32. The van der Waals surface area contributed by atoms with Crippen LogP contribution >= 0.6 is 0 Å². The van der Waals surface area contributed by atoms with Crippen LogP contribution in [0.25, 0.3) is 0 Å². The van der Waals surface area contributed by atoms with Gasteiger partial charge in [0, 0.05) is 38.2 Å². The van der Waals surface area contributed by atoms with Crippen LogP contribution in [0.1, 0.15) is 27.9 Å². The van der Waals surface area contributed by atoms with Gasteiger partial charge in [0.15, 0.2) is 11.6 Å². The molecule has 2 aromatic carbocycles. The second kappa shape index (κ2) is 9.36. The fourth-order valence-corrected chi connectivity index (χ4v) is 3.44. The van der Waals surface area contributed by atoms with Gasteiger partial charge >= 0.3 is 6.18 Å². The number of benzene rings is 2. The highest BCUT2D eigenvalue weighted by atomic mass is 19.4. The zero-order chi connectivity index (χ0) is 22.6. The van der Waals surface area contributed by atoms with Crippen molar-refractivity contribution in [1.82, 2.24) is 9.80 Å². The number of piperazine rings is 1. The lowest BCUT2D eigenvalue weighted by Crippen LogP contribution is -2.50. The Hall–Kier alpha value is -3.10. The number of nitrogens with zero attached hydrogens (tertiary/aromatic N) is 2. The number of carbonyl (C=O) groups excluding carboxylic acids is 2. The summed E-state index contributed by atoms with van der Waals surface area (Å²) in [6.07, 6.45) is -3.97. The highest BCUT2D eigenvalue weighted by molar-refractivity contribution is 5.94. The number of aryl methyl sites for hydroxylation is 1. The minimum Gasteiger partial charge on any atom is -0.494 e. The molecule has 0 spiro atoms. The summed E-state index contributed by atoms with van der Waals surface area (Å²) < 4.78 is 57.2. The van der Waals surface area contributed by atoms with Crippen molar-refractivity contribution in [1.29, 1.82) is 0 Å². The number of alkyl halides is 3. The molecule has 0 aromatic heterocycles. The van der Waals surface area contributed by atoms with E-state index in [-0.39, 0.29) is 36.7 Å². The average Bonchev–Trinajstić information content (AvgIpc) is 2.76. The molecule has 0 radical (unpaired) electrons. The van der Waals surface area contributed by atoms with E-state index in [0.717, 1.165) is 12.1 Å². The summed E-state index contributed by atoms with van der Waals surface area (Å²) in [7, 11) is 1.37. The zero-order valence-electron chi connectivity index (χ0n) is 16.9. The molecule has 1 saturated heterocycles. The van der Waals surface area contributed by atoms with Gasteiger partial charge in [-0.15, -0.1) is 0 Å². The lowest BCUT2D eigenvalue weighted by molar-refractivity contribution is -0.137. The predicted octanol–water partition coefficient (Wildman–Crippen LogP) is 3.77. The van der Waals surface area contributed by atoms with Gasteiger partial charge in [0.25, 0.3) is 5.91 Å². The van der Waals surface area contributed by atoms with Crippen molar-refractivity contribution in [3.63, 3.8) is 0 Å². The van der Waals surface area contributed by atoms with E-state index >= 15 is 0 Å². The molecule has 2 aromatic rings. The molecule has 9 heteroatoms. The molecular weight excluding hydrogens is 416 g/mol. The molecule has 1 fully saturated rings. The zero-order valence-corrected chi connectivity index (χ0v) is 16.9. The van der Waals surface area contributed by atoms with Gasteiger partial charge in [-0.3, -0.25) is 9.59 Å². The summed E-state index contributed by atoms with van der Waals surface area (Å²) in [6.45, 7) is 1.05. The number of methoxy groups -OCH3 is 1. The van der Waals surface area contributed by atoms with Crippen LogP contribution in [0.3, 0.4) is 0 Å². The molecule has 0 atom stereocenters. The van der Waals surface area contributed by atoms with E-state index in [4.69, 9.17) is 4.74 Å². The Morgan fingerprint density at radius 1 is 1.00 bits per heavy atom. The average molecular weight is 438 g/mol. The fourth-order valence-electron chi connectivity index (χ4n) is 3.44. The molecule has 1 heterocycles. The first-order valence-electron chi connectivity index (χ1n) is 9.76. The number of ether oxygens (including phenoxy) is 1. The van der Waals surface area contributed by atoms with Crippen LogP contribution < -0.4 is 4.74 Å². The molecule has 1 aliphatic heterocycles. The van der Waals surface area contributed by atoms with Gasteiger partial charge in [-0.25, -0.2) is 4.39 Å². The van der Waals surface area contributed by atoms with E-state index in [1.54, 1.807) is 11.0 Å². The van der Waals surface area contributed by atoms with Crippen LogP contribution in [0.2, 0.25) is 0 Å². The third kappa shape index (κ3) is 5.53. The summed E-state index contributed by atoms with van der Waals surface area (Å²) >= 11 is 0. The van der Waals surface area contributed by atoms with Gasteiger partial charge in [0.1, 0.15) is 0 Å². The number of halogens is 4. The van der Waals surface area contributed by atoms with Crippen molar-refractivity contribution in [2.24, 2.45) is 0 Å². The van der Waals surface area contributed by atoms with Crippen molar-refractivity contribution >= 4 is 11.8 Å². The summed E-state index contributed by atoms with van der Waals surface area (Å²) in [5.74, 6) is -0.972. The molecule has 31 heavy (non-hydrogen) atoms. The van der Waals surface area contributed by atoms with Crippen LogP contribution in [0.4, 0.5) is 17.6 Å². The predicted molar refractivity (Wildman–Crippen MR) is 105 cm³/mol. The van der Waals surface area contributed by atoms with Gasteiger partial charge in [-0.1, -0.05) is 12.1 Å². The minimum atomic E-state index is -4.52. The number of rotatable bonds is 5. The van der Waals surface area contributed by atoms with E-state index < -0.39 is 23.5 Å². The van der Waals surface area contributed by atoms with Crippen LogP contribution in [0.15, 0.2) is 42.5 Å². The number of amides is 2. The Balaban J connectivity index is 1.52. The van der Waals surface area contributed by atoms with Gasteiger partial charge in [0.05, 0.1) is 12.7 Å². The molecule has 2 amide bonds. The monoisotopic (exact) mass is 438 g/mol. The Morgan fingerprint density at radius 3 is 2.29 bits per heavy atom. The topological polar surface area (TPSA) is 49.9 Å². The Kier molecular flexibility index (Phi) is 6.82. The van der Waals surface area contributed by atoms with Crippen molar-refractivity contribution in [3.05, 3.63) is 65.0 Å². The molecule has 0 bridgehead atoms. The SMILES string of the molecule is COc1ccc(CCC(=O)N2CCN(C(=O)c3cccc(C(F)(F)F)c3)CC2)cc1F. The number of carbonyl (C=O) groups is 2. The molecule has 3 rings (SSSR count). The molecule has 0 saturated carbocycles. The van der Waals surface area contributed by atoms with Crippen molar-refractivity contribution in [2.45, 2.75) is 19.0 Å². The van der Waals surface area contributed by atoms with Crippen LogP contribution in [0.5, 0.6) is 5.75 Å². The number of hydrogen-bond donors (Lipinski definition) is 0. The maximum absolute atomic E-state index is 13.8. The maximum atomic E-state index is 13.8. The summed E-state index contributed by atoms with van der Waals surface area (Å²) in [4.78, 5) is 28.1. The normalized spacial score (nSPS) is 14.5. The van der Waals surface area contributed by atoms with Crippen molar-refractivity contribution in [3.8, 4) is 5.75 Å². The highest BCUT2D eigenvalue weighted by Crippen LogP contribution is 2.30. The minimum absolute atomic E-state index is 0.0314. The van der Waals surface area contributed by atoms with Crippen LogP contribution in [-0.4, -0.2) is 54.9 Å². The standard InChI is InChI=1S/C22H22F4N2O3/c1-31-19-7-5-15(13-18(19)23)6-8-20(29)27-9-11-28(12-10-27)21(30)16-3-2-4-17(14-16)22(24,25)26/h2-5,7,13-14H,6,8-12H2,1H3. The number of hydrogen-bond acceptors (Lipinski definition) is 3. The van der Waals surface area contributed by atoms with Gasteiger partial charge in [-0.05, 0) is 42.3 Å². The van der Waals surface area contributed by atoms with E-state index in [1.807, 2.05) is 0 Å². The Morgan fingerprint density at radius 2 is 1.68 bits per heavy atom. The first-order chi connectivity index (χ1) is 14.7. The third-order valence-electron chi connectivity index (χ3n) is 5.20. The van der Waals surface area contributed by atoms with Gasteiger partial charge in [0.2, 0.25) is 5.91 Å². The molecule has 0 unspecified atom stereocenters. The molecular formula is C22H22F4N2O3. The van der Waals surface area contributed by atoms with Gasteiger partial charge < -0.3 is 14.5 Å². The Labute approximate surface area is 177 Å². The lowest BCUT2D eigenvalue weighted by atomic mass is 10.1. The molecule has 0 aliphatic carbocycles. The molecule has 1 aliphatic rings. The second-order valence-electron chi connectivity index (χ2n) is 7.22. The second-order valence-corrected chi connectivity index (χ2v) is 7.22. The smallest absolute Gasteiger partial charge is 0.416 e. The van der Waals surface area contributed by atoms with E-state index in [0.29, 0.717) is 25.1 Å². The van der Waals surface area contributed by atoms with Crippen molar-refractivity contribution < 1.29 is 31.9 Å². The summed E-state index contributed by atoms with van der Waals surface area (Å²) in [6, 6.07) is 8.85. The fraction of sp³-hybridized carbons (Fsp3) is 0.364. The molecule has 0 N–H and O–H groups in total. The lowest BCUT2D eigenvalue weighted by Gasteiger charge is -2.35. The third-order valence-corrected chi connectivity index (χ3v) is 5.20. The summed E-state index contributed by atoms with van der Waals surface area (Å²) in [5.41, 5.74) is -0.233. The largest absolute Gasteiger partial charge is 0.494 e. The van der Waals surface area contributed by atoms with E-state index in [1.165, 1.54) is 36.3 Å². The first kappa shape index (κ1) is 22.6. The van der Waals surface area contributed by atoms with Crippen molar-refractivity contribution in [2.75, 3.05) is 33.3 Å². The van der Waals surface area contributed by atoms with Crippen LogP contribution in [0, 0.1) is 5.82 Å². The van der Waals surface area contributed by atoms with Gasteiger partial charge in [-0.2, -0.15) is 13.2 Å². The Bertz CT molecular complexity index is 954. The molecule has 5 nitrogen and oxygen atoms in total. The maximum Gasteiger partial charge on any atom is 0.416 e. The van der Waals surface area contributed by atoms with E-state index in [2.05, 4.69) is 0 Å². The first-order valence-corrected chi connectivity index (χ1v) is 9.76. The van der Waals surface area contributed by atoms with Crippen LogP contribution in [-0.2, 0) is 17.4 Å².